The molecule has 4 heteroatoms. The lowest BCUT2D eigenvalue weighted by atomic mass is 10.1. The number of carbonyl (C=O) groups is 1. The number of halogens is 1. The number of nitrogens with one attached hydrogen (secondary N) is 1. The van der Waals surface area contributed by atoms with Crippen LogP contribution in [0.5, 0.6) is 0 Å². The number of hydrogen-bond donors (Lipinski definition) is 2. The van der Waals surface area contributed by atoms with E-state index in [1.807, 2.05) is 6.07 Å². The van der Waals surface area contributed by atoms with Gasteiger partial charge in [0.1, 0.15) is 5.82 Å². The Morgan fingerprint density at radius 3 is 2.47 bits per heavy atom. The van der Waals surface area contributed by atoms with Crippen molar-refractivity contribution in [3.63, 3.8) is 0 Å². The molecule has 0 spiro atoms. The molecule has 0 saturated heterocycles. The molecule has 19 heavy (non-hydrogen) atoms. The van der Waals surface area contributed by atoms with E-state index in [2.05, 4.69) is 5.32 Å². The van der Waals surface area contributed by atoms with Crippen molar-refractivity contribution in [1.29, 1.82) is 0 Å². The van der Waals surface area contributed by atoms with E-state index >= 15 is 0 Å². The molecule has 0 aliphatic heterocycles. The van der Waals surface area contributed by atoms with Crippen LogP contribution in [0.3, 0.4) is 0 Å². The second-order valence-corrected chi connectivity index (χ2v) is 4.29. The predicted molar refractivity (Wildman–Crippen MR) is 71.6 cm³/mol. The van der Waals surface area contributed by atoms with Gasteiger partial charge in [0.2, 0.25) is 0 Å². The van der Waals surface area contributed by atoms with Gasteiger partial charge in [0.05, 0.1) is 0 Å². The molecule has 98 valence electrons. The Labute approximate surface area is 110 Å². The molecule has 0 fully saturated rings. The Hall–Kier alpha value is -2.36. The van der Waals surface area contributed by atoms with Crippen LogP contribution in [0, 0.1) is 12.7 Å². The van der Waals surface area contributed by atoms with Crippen molar-refractivity contribution in [3.8, 4) is 0 Å². The van der Waals surface area contributed by atoms with Crippen LogP contribution in [0.15, 0.2) is 48.5 Å². The van der Waals surface area contributed by atoms with E-state index < -0.39 is 12.0 Å². The minimum Gasteiger partial charge on any atom is -0.479 e. The number of anilines is 1. The fourth-order valence-electron chi connectivity index (χ4n) is 1.88. The number of benzene rings is 2. The average molecular weight is 259 g/mol. The fourth-order valence-corrected chi connectivity index (χ4v) is 1.88. The van der Waals surface area contributed by atoms with Crippen LogP contribution in [-0.2, 0) is 4.79 Å². The molecule has 0 saturated carbocycles. The Bertz CT molecular complexity index is 584. The first-order chi connectivity index (χ1) is 9.08. The van der Waals surface area contributed by atoms with Crippen molar-refractivity contribution in [2.45, 2.75) is 13.0 Å². The van der Waals surface area contributed by atoms with E-state index in [0.717, 1.165) is 0 Å². The third-order valence-corrected chi connectivity index (χ3v) is 2.87. The van der Waals surface area contributed by atoms with Crippen molar-refractivity contribution < 1.29 is 14.3 Å². The zero-order chi connectivity index (χ0) is 13.8. The standard InChI is InChI=1S/C15H14FNO2/c1-10-9-12(16)7-8-13(10)17-14(15(18)19)11-5-3-2-4-6-11/h2-9,14,17H,1H3,(H,18,19). The zero-order valence-electron chi connectivity index (χ0n) is 10.4. The molecule has 0 aromatic heterocycles. The minimum absolute atomic E-state index is 0.338. The maximum atomic E-state index is 13.0. The van der Waals surface area contributed by atoms with Gasteiger partial charge in [-0.1, -0.05) is 30.3 Å². The summed E-state index contributed by atoms with van der Waals surface area (Å²) in [5, 5.41) is 12.2. The maximum Gasteiger partial charge on any atom is 0.330 e. The van der Waals surface area contributed by atoms with Crippen molar-refractivity contribution in [2.24, 2.45) is 0 Å². The van der Waals surface area contributed by atoms with Gasteiger partial charge in [0.25, 0.3) is 0 Å². The highest BCUT2D eigenvalue weighted by molar-refractivity contribution is 5.79. The van der Waals surface area contributed by atoms with Gasteiger partial charge in [-0.05, 0) is 36.2 Å². The molecule has 1 unspecified atom stereocenters. The fraction of sp³-hybridized carbons (Fsp3) is 0.133. The van der Waals surface area contributed by atoms with Crippen LogP contribution >= 0.6 is 0 Å². The van der Waals surface area contributed by atoms with E-state index in [4.69, 9.17) is 0 Å². The summed E-state index contributed by atoms with van der Waals surface area (Å²) in [6.07, 6.45) is 0. The molecular formula is C15H14FNO2. The number of hydrogen-bond acceptors (Lipinski definition) is 2. The molecule has 0 aliphatic rings. The Morgan fingerprint density at radius 2 is 1.89 bits per heavy atom. The summed E-state index contributed by atoms with van der Waals surface area (Å²) in [5.41, 5.74) is 1.93. The Kier molecular flexibility index (Phi) is 3.80. The molecule has 0 radical (unpaired) electrons. The van der Waals surface area contributed by atoms with Gasteiger partial charge in [-0.2, -0.15) is 0 Å². The molecule has 3 nitrogen and oxygen atoms in total. The second-order valence-electron chi connectivity index (χ2n) is 4.29. The summed E-state index contributed by atoms with van der Waals surface area (Å²) in [4.78, 5) is 11.3. The number of rotatable bonds is 4. The van der Waals surface area contributed by atoms with Crippen LogP contribution in [0.1, 0.15) is 17.2 Å². The minimum atomic E-state index is -0.977. The normalized spacial score (nSPS) is 11.9. The van der Waals surface area contributed by atoms with E-state index in [0.29, 0.717) is 16.8 Å². The van der Waals surface area contributed by atoms with Gasteiger partial charge < -0.3 is 10.4 Å². The first-order valence-corrected chi connectivity index (χ1v) is 5.88. The smallest absolute Gasteiger partial charge is 0.330 e. The molecule has 2 aromatic rings. The van der Waals surface area contributed by atoms with Crippen LogP contribution in [0.4, 0.5) is 10.1 Å². The van der Waals surface area contributed by atoms with Crippen molar-refractivity contribution >= 4 is 11.7 Å². The maximum absolute atomic E-state index is 13.0. The molecule has 0 aliphatic carbocycles. The lowest BCUT2D eigenvalue weighted by molar-refractivity contribution is -0.138. The number of carboxylic acids is 1. The number of aryl methyl sites for hydroxylation is 1. The highest BCUT2D eigenvalue weighted by Crippen LogP contribution is 2.23. The summed E-state index contributed by atoms with van der Waals surface area (Å²) >= 11 is 0. The third-order valence-electron chi connectivity index (χ3n) is 2.87. The number of aliphatic carboxylic acids is 1. The van der Waals surface area contributed by atoms with Gasteiger partial charge in [-0.3, -0.25) is 0 Å². The molecule has 0 heterocycles. The van der Waals surface area contributed by atoms with Crippen molar-refractivity contribution in [2.75, 3.05) is 5.32 Å². The number of carboxylic acid groups (broad SMARTS) is 1. The summed E-state index contributed by atoms with van der Waals surface area (Å²) in [6, 6.07) is 12.2. The van der Waals surface area contributed by atoms with Gasteiger partial charge in [0.15, 0.2) is 6.04 Å². The van der Waals surface area contributed by atoms with Crippen molar-refractivity contribution in [1.82, 2.24) is 0 Å². The Morgan fingerprint density at radius 1 is 1.21 bits per heavy atom. The molecule has 1 atom stereocenters. The average Bonchev–Trinajstić information content (AvgIpc) is 2.38. The molecule has 2 rings (SSSR count). The largest absolute Gasteiger partial charge is 0.479 e. The molecule has 2 aromatic carbocycles. The highest BCUT2D eigenvalue weighted by Gasteiger charge is 2.19. The quantitative estimate of drug-likeness (QED) is 0.885. The molecule has 0 bridgehead atoms. The third kappa shape index (κ3) is 3.10. The summed E-state index contributed by atoms with van der Waals surface area (Å²) in [5.74, 6) is -1.32. The highest BCUT2D eigenvalue weighted by atomic mass is 19.1. The van der Waals surface area contributed by atoms with Gasteiger partial charge in [-0.25, -0.2) is 9.18 Å². The van der Waals surface area contributed by atoms with Crippen LogP contribution < -0.4 is 5.32 Å². The summed E-state index contributed by atoms with van der Waals surface area (Å²) in [7, 11) is 0. The topological polar surface area (TPSA) is 49.3 Å². The lowest BCUT2D eigenvalue weighted by Crippen LogP contribution is -2.20. The van der Waals surface area contributed by atoms with E-state index in [9.17, 15) is 14.3 Å². The monoisotopic (exact) mass is 259 g/mol. The summed E-state index contributed by atoms with van der Waals surface area (Å²) < 4.78 is 13.0. The predicted octanol–water partition coefficient (Wildman–Crippen LogP) is 3.37. The molecular weight excluding hydrogens is 245 g/mol. The zero-order valence-corrected chi connectivity index (χ0v) is 10.4. The van der Waals surface area contributed by atoms with E-state index in [1.165, 1.54) is 12.1 Å². The van der Waals surface area contributed by atoms with Gasteiger partial charge in [-0.15, -0.1) is 0 Å². The first-order valence-electron chi connectivity index (χ1n) is 5.88. The van der Waals surface area contributed by atoms with Crippen LogP contribution in [0.2, 0.25) is 0 Å². The SMILES string of the molecule is Cc1cc(F)ccc1NC(C(=O)O)c1ccccc1. The van der Waals surface area contributed by atoms with Crippen molar-refractivity contribution in [3.05, 3.63) is 65.5 Å². The van der Waals surface area contributed by atoms with E-state index in [1.54, 1.807) is 37.3 Å². The van der Waals surface area contributed by atoms with Gasteiger partial charge >= 0.3 is 5.97 Å². The first kappa shape index (κ1) is 13.1. The molecule has 0 amide bonds. The lowest BCUT2D eigenvalue weighted by Gasteiger charge is -2.17. The second kappa shape index (κ2) is 5.52. The molecule has 2 N–H and O–H groups in total. The summed E-state index contributed by atoms with van der Waals surface area (Å²) in [6.45, 7) is 1.73. The van der Waals surface area contributed by atoms with E-state index in [-0.39, 0.29) is 5.82 Å². The van der Waals surface area contributed by atoms with Crippen LogP contribution in [-0.4, -0.2) is 11.1 Å². The Balaban J connectivity index is 2.29. The van der Waals surface area contributed by atoms with Crippen LogP contribution in [0.25, 0.3) is 0 Å². The van der Waals surface area contributed by atoms with Gasteiger partial charge in [0, 0.05) is 5.69 Å².